The van der Waals surface area contributed by atoms with Crippen LogP contribution in [0.2, 0.25) is 0 Å². The van der Waals surface area contributed by atoms with E-state index in [2.05, 4.69) is 5.32 Å². The lowest BCUT2D eigenvalue weighted by Gasteiger charge is -2.19. The lowest BCUT2D eigenvalue weighted by atomic mass is 10.0. The van der Waals surface area contributed by atoms with E-state index in [1.54, 1.807) is 6.07 Å². The second-order valence-corrected chi connectivity index (χ2v) is 5.97. The Morgan fingerprint density at radius 1 is 1.19 bits per heavy atom. The number of carbonyl (C=O) groups is 1. The highest BCUT2D eigenvalue weighted by Gasteiger charge is 2.16. The maximum absolute atomic E-state index is 11.7. The molecule has 0 amide bonds. The first-order valence-electron chi connectivity index (χ1n) is 6.99. The van der Waals surface area contributed by atoms with E-state index in [9.17, 15) is 9.90 Å². The van der Waals surface area contributed by atoms with E-state index in [1.807, 2.05) is 51.1 Å². The molecule has 0 saturated heterocycles. The topological polar surface area (TPSA) is 58.6 Å². The van der Waals surface area contributed by atoms with Crippen LogP contribution in [0.5, 0.6) is 5.75 Å². The average molecular weight is 287 g/mol. The third kappa shape index (κ3) is 4.20. The van der Waals surface area contributed by atoms with Gasteiger partial charge in [0.05, 0.1) is 6.54 Å². The first-order chi connectivity index (χ1) is 9.87. The third-order valence-corrected chi connectivity index (χ3v) is 3.01. The standard InChI is InChI=1S/C17H21NO3/c1-17(2,3)21-16(20)11-18-10-14-13-7-5-4-6-12(13)8-9-15(14)19/h4-9,18-19H,10-11H2,1-3H3. The Kier molecular flexibility index (Phi) is 4.48. The maximum Gasteiger partial charge on any atom is 0.320 e. The zero-order chi connectivity index (χ0) is 15.5. The summed E-state index contributed by atoms with van der Waals surface area (Å²) in [6.07, 6.45) is 0. The van der Waals surface area contributed by atoms with Crippen LogP contribution < -0.4 is 5.32 Å². The second kappa shape index (κ2) is 6.14. The number of benzene rings is 2. The molecule has 2 rings (SSSR count). The molecule has 2 N–H and O–H groups in total. The molecule has 0 fully saturated rings. The summed E-state index contributed by atoms with van der Waals surface area (Å²) in [5.41, 5.74) is 0.303. The molecule has 0 radical (unpaired) electrons. The van der Waals surface area contributed by atoms with E-state index < -0.39 is 5.60 Å². The number of hydrogen-bond donors (Lipinski definition) is 2. The van der Waals surface area contributed by atoms with Crippen LogP contribution in [0.15, 0.2) is 36.4 Å². The Hall–Kier alpha value is -2.07. The molecule has 4 heteroatoms. The molecular formula is C17H21NO3. The minimum atomic E-state index is -0.486. The summed E-state index contributed by atoms with van der Waals surface area (Å²) >= 11 is 0. The highest BCUT2D eigenvalue weighted by Crippen LogP contribution is 2.26. The van der Waals surface area contributed by atoms with E-state index in [1.165, 1.54) is 0 Å². The first-order valence-corrected chi connectivity index (χ1v) is 6.99. The molecule has 2 aromatic rings. The average Bonchev–Trinajstić information content (AvgIpc) is 2.39. The predicted molar refractivity (Wildman–Crippen MR) is 83.2 cm³/mol. The van der Waals surface area contributed by atoms with Gasteiger partial charge in [0.2, 0.25) is 0 Å². The Balaban J connectivity index is 2.04. The van der Waals surface area contributed by atoms with E-state index in [0.717, 1.165) is 16.3 Å². The van der Waals surface area contributed by atoms with Gasteiger partial charge in [-0.2, -0.15) is 0 Å². The molecule has 0 saturated carbocycles. The largest absolute Gasteiger partial charge is 0.508 e. The molecule has 0 atom stereocenters. The number of nitrogens with one attached hydrogen (secondary N) is 1. The molecule has 0 bridgehead atoms. The minimum absolute atomic E-state index is 0.111. The van der Waals surface area contributed by atoms with Crippen LogP contribution in [0.25, 0.3) is 10.8 Å². The smallest absolute Gasteiger partial charge is 0.320 e. The highest BCUT2D eigenvalue weighted by molar-refractivity contribution is 5.87. The Morgan fingerprint density at radius 3 is 2.62 bits per heavy atom. The molecule has 21 heavy (non-hydrogen) atoms. The van der Waals surface area contributed by atoms with Gasteiger partial charge in [-0.15, -0.1) is 0 Å². The van der Waals surface area contributed by atoms with Crippen molar-refractivity contribution < 1.29 is 14.6 Å². The number of phenols is 1. The number of aromatic hydroxyl groups is 1. The molecular weight excluding hydrogens is 266 g/mol. The summed E-state index contributed by atoms with van der Waals surface area (Å²) in [5, 5.41) is 15.1. The van der Waals surface area contributed by atoms with Gasteiger partial charge >= 0.3 is 5.97 Å². The van der Waals surface area contributed by atoms with E-state index in [-0.39, 0.29) is 18.3 Å². The number of hydrogen-bond acceptors (Lipinski definition) is 4. The van der Waals surface area contributed by atoms with Crippen LogP contribution in [0.4, 0.5) is 0 Å². The van der Waals surface area contributed by atoms with Crippen LogP contribution >= 0.6 is 0 Å². The maximum atomic E-state index is 11.7. The molecule has 0 spiro atoms. The van der Waals surface area contributed by atoms with Crippen LogP contribution in [-0.4, -0.2) is 23.2 Å². The fraction of sp³-hybridized carbons (Fsp3) is 0.353. The molecule has 112 valence electrons. The predicted octanol–water partition coefficient (Wildman–Crippen LogP) is 2.98. The van der Waals surface area contributed by atoms with Crippen LogP contribution in [0.1, 0.15) is 26.3 Å². The molecule has 4 nitrogen and oxygen atoms in total. The first kappa shape index (κ1) is 15.3. The van der Waals surface area contributed by atoms with Gasteiger partial charge in [0.1, 0.15) is 11.4 Å². The molecule has 0 aromatic heterocycles. The summed E-state index contributed by atoms with van der Waals surface area (Å²) in [6.45, 7) is 6.02. The highest BCUT2D eigenvalue weighted by atomic mass is 16.6. The molecule has 0 aliphatic heterocycles. The molecule has 0 heterocycles. The number of esters is 1. The van der Waals surface area contributed by atoms with Crippen molar-refractivity contribution in [2.24, 2.45) is 0 Å². The van der Waals surface area contributed by atoms with Gasteiger partial charge in [-0.05, 0) is 37.6 Å². The SMILES string of the molecule is CC(C)(C)OC(=O)CNCc1c(O)ccc2ccccc12. The lowest BCUT2D eigenvalue weighted by molar-refractivity contribution is -0.153. The minimum Gasteiger partial charge on any atom is -0.508 e. The number of carbonyl (C=O) groups excluding carboxylic acids is 1. The van der Waals surface area contributed by atoms with Crippen LogP contribution in [0, 0.1) is 0 Å². The van der Waals surface area contributed by atoms with Gasteiger partial charge < -0.3 is 15.2 Å². The second-order valence-electron chi connectivity index (χ2n) is 5.97. The van der Waals surface area contributed by atoms with Gasteiger partial charge in [0, 0.05) is 12.1 Å². The Labute approximate surface area is 124 Å². The van der Waals surface area contributed by atoms with Crippen molar-refractivity contribution in [1.82, 2.24) is 5.32 Å². The molecule has 2 aromatic carbocycles. The van der Waals surface area contributed by atoms with Crippen molar-refractivity contribution in [3.8, 4) is 5.75 Å². The Bertz CT molecular complexity index is 644. The van der Waals surface area contributed by atoms with Crippen molar-refractivity contribution in [2.75, 3.05) is 6.54 Å². The lowest BCUT2D eigenvalue weighted by Crippen LogP contribution is -2.31. The summed E-state index contributed by atoms with van der Waals surface area (Å²) < 4.78 is 5.23. The van der Waals surface area contributed by atoms with Gasteiger partial charge in [-0.3, -0.25) is 4.79 Å². The number of ether oxygens (including phenoxy) is 1. The third-order valence-electron chi connectivity index (χ3n) is 3.01. The zero-order valence-corrected chi connectivity index (χ0v) is 12.6. The fourth-order valence-electron chi connectivity index (χ4n) is 2.18. The van der Waals surface area contributed by atoms with E-state index in [4.69, 9.17) is 4.74 Å². The van der Waals surface area contributed by atoms with Crippen molar-refractivity contribution in [1.29, 1.82) is 0 Å². The van der Waals surface area contributed by atoms with Crippen molar-refractivity contribution in [2.45, 2.75) is 32.9 Å². The molecule has 0 aliphatic rings. The van der Waals surface area contributed by atoms with Gasteiger partial charge in [-0.1, -0.05) is 30.3 Å². The summed E-state index contributed by atoms with van der Waals surface area (Å²) in [4.78, 5) is 11.7. The summed E-state index contributed by atoms with van der Waals surface area (Å²) in [6, 6.07) is 11.4. The van der Waals surface area contributed by atoms with Gasteiger partial charge in [-0.25, -0.2) is 0 Å². The van der Waals surface area contributed by atoms with Crippen LogP contribution in [-0.2, 0) is 16.1 Å². The van der Waals surface area contributed by atoms with Crippen molar-refractivity contribution >= 4 is 16.7 Å². The van der Waals surface area contributed by atoms with E-state index >= 15 is 0 Å². The quantitative estimate of drug-likeness (QED) is 0.849. The number of fused-ring (bicyclic) bond motifs is 1. The summed E-state index contributed by atoms with van der Waals surface area (Å²) in [5.74, 6) is -0.0763. The molecule has 0 aliphatic carbocycles. The number of phenolic OH excluding ortho intramolecular Hbond substituents is 1. The zero-order valence-electron chi connectivity index (χ0n) is 12.6. The normalized spacial score (nSPS) is 11.6. The monoisotopic (exact) mass is 287 g/mol. The summed E-state index contributed by atoms with van der Waals surface area (Å²) in [7, 11) is 0. The fourth-order valence-corrected chi connectivity index (χ4v) is 2.18. The van der Waals surface area contributed by atoms with Crippen molar-refractivity contribution in [3.63, 3.8) is 0 Å². The van der Waals surface area contributed by atoms with E-state index in [0.29, 0.717) is 6.54 Å². The van der Waals surface area contributed by atoms with Crippen molar-refractivity contribution in [3.05, 3.63) is 42.0 Å². The number of rotatable bonds is 4. The van der Waals surface area contributed by atoms with Crippen LogP contribution in [0.3, 0.4) is 0 Å². The van der Waals surface area contributed by atoms with Gasteiger partial charge in [0.25, 0.3) is 0 Å². The van der Waals surface area contributed by atoms with Gasteiger partial charge in [0.15, 0.2) is 0 Å². The Morgan fingerprint density at radius 2 is 1.90 bits per heavy atom. The molecule has 0 unspecified atom stereocenters.